The Bertz CT molecular complexity index is 921. The van der Waals surface area contributed by atoms with Gasteiger partial charge in [-0.05, 0) is 59.4 Å². The van der Waals surface area contributed by atoms with Crippen molar-refractivity contribution in [3.63, 3.8) is 0 Å². The lowest BCUT2D eigenvalue weighted by Crippen LogP contribution is -2.48. The molecule has 2 aromatic rings. The molecule has 0 amide bonds. The number of Topliss-reactive ketones (excluding diaryl/α,β-unsaturated/α-hetero) is 1. The molecule has 2 unspecified atom stereocenters. The largest absolute Gasteiger partial charge is 0.392 e. The van der Waals surface area contributed by atoms with Crippen molar-refractivity contribution in [1.82, 2.24) is 5.32 Å². The first-order valence-electron chi connectivity index (χ1n) is 11.5. The normalized spacial score (nSPS) is 18.4. The number of carbonyl (C=O) groups is 1. The monoisotopic (exact) mass is 443 g/mol. The van der Waals surface area contributed by atoms with E-state index >= 15 is 0 Å². The van der Waals surface area contributed by atoms with E-state index in [9.17, 15) is 18.7 Å². The number of aliphatic hydroxyl groups excluding tert-OH is 1. The van der Waals surface area contributed by atoms with Crippen molar-refractivity contribution in [3.8, 4) is 0 Å². The fourth-order valence-corrected chi connectivity index (χ4v) is 4.61. The summed E-state index contributed by atoms with van der Waals surface area (Å²) in [6.45, 7) is 8.74. The first-order valence-corrected chi connectivity index (χ1v) is 11.5. The van der Waals surface area contributed by atoms with Gasteiger partial charge in [-0.1, -0.05) is 52.0 Å². The van der Waals surface area contributed by atoms with Crippen molar-refractivity contribution >= 4 is 5.78 Å². The molecule has 0 bridgehead atoms. The first kappa shape index (κ1) is 24.5. The minimum atomic E-state index is -0.684. The zero-order valence-corrected chi connectivity index (χ0v) is 19.6. The smallest absolute Gasteiger partial charge is 0.133 e. The summed E-state index contributed by atoms with van der Waals surface area (Å²) in [5.41, 5.74) is 2.55. The predicted octanol–water partition coefficient (Wildman–Crippen LogP) is 5.75. The highest BCUT2D eigenvalue weighted by Gasteiger charge is 2.37. The predicted molar refractivity (Wildman–Crippen MR) is 124 cm³/mol. The van der Waals surface area contributed by atoms with Crippen LogP contribution in [0.2, 0.25) is 0 Å². The van der Waals surface area contributed by atoms with Crippen molar-refractivity contribution in [3.05, 3.63) is 70.8 Å². The van der Waals surface area contributed by atoms with E-state index in [0.717, 1.165) is 11.6 Å². The number of ketones is 1. The Morgan fingerprint density at radius 3 is 2.28 bits per heavy atom. The average Bonchev–Trinajstić information content (AvgIpc) is 2.72. The number of rotatable bonds is 7. The Morgan fingerprint density at radius 1 is 1.06 bits per heavy atom. The van der Waals surface area contributed by atoms with Gasteiger partial charge in [-0.3, -0.25) is 4.79 Å². The summed E-state index contributed by atoms with van der Waals surface area (Å²) in [6.07, 6.45) is 2.11. The lowest BCUT2D eigenvalue weighted by molar-refractivity contribution is -0.121. The number of benzene rings is 2. The highest BCUT2D eigenvalue weighted by molar-refractivity contribution is 5.79. The summed E-state index contributed by atoms with van der Waals surface area (Å²) < 4.78 is 27.1. The number of aliphatic hydroxyl groups is 1. The molecule has 0 radical (unpaired) electrons. The van der Waals surface area contributed by atoms with Crippen molar-refractivity contribution in [2.24, 2.45) is 0 Å². The van der Waals surface area contributed by atoms with Crippen LogP contribution in [0.1, 0.15) is 82.4 Å². The summed E-state index contributed by atoms with van der Waals surface area (Å²) in [6, 6.07) is 12.0. The number of hydrogen-bond acceptors (Lipinski definition) is 3. The van der Waals surface area contributed by atoms with E-state index in [1.54, 1.807) is 0 Å². The molecule has 32 heavy (non-hydrogen) atoms. The fraction of sp³-hybridized carbons (Fsp3) is 0.519. The third kappa shape index (κ3) is 6.02. The van der Waals surface area contributed by atoms with E-state index in [-0.39, 0.29) is 22.7 Å². The third-order valence-electron chi connectivity index (χ3n) is 6.70. The van der Waals surface area contributed by atoms with Crippen molar-refractivity contribution < 1.29 is 18.7 Å². The SMILES string of the molecule is CC(CC(O)CNC1(c2cccc(C(C)(C)C)c2)CCC(=O)CC1)c1cc(F)cc(F)c1. The molecule has 0 heterocycles. The number of hydrogen-bond donors (Lipinski definition) is 2. The molecule has 0 aromatic heterocycles. The second-order valence-electron chi connectivity index (χ2n) is 10.3. The summed E-state index contributed by atoms with van der Waals surface area (Å²) in [5.74, 6) is -1.13. The Labute approximate surface area is 190 Å². The van der Waals surface area contributed by atoms with Gasteiger partial charge < -0.3 is 10.4 Å². The van der Waals surface area contributed by atoms with Crippen LogP contribution in [0.25, 0.3) is 0 Å². The molecule has 1 aliphatic carbocycles. The molecule has 1 saturated carbocycles. The van der Waals surface area contributed by atoms with Gasteiger partial charge in [0.1, 0.15) is 17.4 Å². The minimum absolute atomic E-state index is 0.0108. The van der Waals surface area contributed by atoms with E-state index in [4.69, 9.17) is 0 Å². The molecule has 1 aliphatic rings. The van der Waals surface area contributed by atoms with Gasteiger partial charge in [0.25, 0.3) is 0 Å². The molecule has 0 spiro atoms. The Hall–Kier alpha value is -2.11. The molecular formula is C27H35F2NO2. The Morgan fingerprint density at radius 2 is 1.69 bits per heavy atom. The summed E-state index contributed by atoms with van der Waals surface area (Å²) >= 11 is 0. The second kappa shape index (κ2) is 9.80. The maximum Gasteiger partial charge on any atom is 0.133 e. The van der Waals surface area contributed by atoms with Crippen molar-refractivity contribution in [2.75, 3.05) is 6.54 Å². The first-order chi connectivity index (χ1) is 15.0. The van der Waals surface area contributed by atoms with Gasteiger partial charge in [-0.2, -0.15) is 0 Å². The maximum atomic E-state index is 13.6. The van der Waals surface area contributed by atoms with E-state index in [0.29, 0.717) is 44.2 Å². The van der Waals surface area contributed by atoms with Gasteiger partial charge in [0, 0.05) is 31.0 Å². The van der Waals surface area contributed by atoms with E-state index < -0.39 is 17.7 Å². The van der Waals surface area contributed by atoms with Crippen LogP contribution in [-0.2, 0) is 15.7 Å². The zero-order chi connectivity index (χ0) is 23.5. The van der Waals surface area contributed by atoms with Crippen molar-refractivity contribution in [1.29, 1.82) is 0 Å². The molecule has 2 N–H and O–H groups in total. The zero-order valence-electron chi connectivity index (χ0n) is 19.6. The molecule has 3 nitrogen and oxygen atoms in total. The highest BCUT2D eigenvalue weighted by Crippen LogP contribution is 2.38. The standard InChI is InChI=1S/C27H35F2NO2/c1-18(19-13-22(28)16-23(29)14-19)12-25(32)17-30-27(10-8-24(31)9-11-27)21-7-5-6-20(15-21)26(2,3)4/h5-7,13-16,18,25,30,32H,8-12,17H2,1-4H3. The fourth-order valence-electron chi connectivity index (χ4n) is 4.61. The van der Waals surface area contributed by atoms with E-state index in [1.807, 2.05) is 6.92 Å². The molecule has 174 valence electrons. The summed E-state index contributed by atoms with van der Waals surface area (Å²) in [7, 11) is 0. The quantitative estimate of drug-likeness (QED) is 0.573. The van der Waals surface area contributed by atoms with Crippen LogP contribution < -0.4 is 5.32 Å². The van der Waals surface area contributed by atoms with Gasteiger partial charge in [-0.25, -0.2) is 8.78 Å². The average molecular weight is 444 g/mol. The number of nitrogens with one attached hydrogen (secondary N) is 1. The molecule has 1 fully saturated rings. The molecule has 0 saturated heterocycles. The molecule has 0 aliphatic heterocycles. The molecule has 3 rings (SSSR count). The van der Waals surface area contributed by atoms with Crippen molar-refractivity contribution in [2.45, 2.75) is 82.8 Å². The van der Waals surface area contributed by atoms with E-state index in [2.05, 4.69) is 50.4 Å². The number of halogens is 2. The van der Waals surface area contributed by atoms with Gasteiger partial charge in [0.15, 0.2) is 0 Å². The van der Waals surface area contributed by atoms with Crippen LogP contribution >= 0.6 is 0 Å². The summed E-state index contributed by atoms with van der Waals surface area (Å²) in [4.78, 5) is 12.0. The van der Waals surface area contributed by atoms with Crippen LogP contribution in [0, 0.1) is 11.6 Å². The Balaban J connectivity index is 1.74. The summed E-state index contributed by atoms with van der Waals surface area (Å²) in [5, 5.41) is 14.3. The van der Waals surface area contributed by atoms with Crippen LogP contribution in [-0.4, -0.2) is 23.5 Å². The van der Waals surface area contributed by atoms with Gasteiger partial charge in [-0.15, -0.1) is 0 Å². The molecule has 2 aromatic carbocycles. The lowest BCUT2D eigenvalue weighted by Gasteiger charge is -2.40. The number of carbonyl (C=O) groups excluding carboxylic acids is 1. The van der Waals surface area contributed by atoms with Crippen LogP contribution in [0.3, 0.4) is 0 Å². The maximum absolute atomic E-state index is 13.6. The second-order valence-corrected chi connectivity index (χ2v) is 10.3. The molecular weight excluding hydrogens is 408 g/mol. The Kier molecular flexibility index (Phi) is 7.51. The van der Waals surface area contributed by atoms with Gasteiger partial charge in [0.2, 0.25) is 0 Å². The van der Waals surface area contributed by atoms with Gasteiger partial charge >= 0.3 is 0 Å². The van der Waals surface area contributed by atoms with Crippen LogP contribution in [0.5, 0.6) is 0 Å². The van der Waals surface area contributed by atoms with Crippen LogP contribution in [0.4, 0.5) is 8.78 Å². The van der Waals surface area contributed by atoms with Gasteiger partial charge in [0.05, 0.1) is 6.10 Å². The molecule has 5 heteroatoms. The van der Waals surface area contributed by atoms with E-state index in [1.165, 1.54) is 17.7 Å². The minimum Gasteiger partial charge on any atom is -0.392 e. The molecule has 2 atom stereocenters. The highest BCUT2D eigenvalue weighted by atomic mass is 19.1. The van der Waals surface area contributed by atoms with Crippen LogP contribution in [0.15, 0.2) is 42.5 Å². The lowest BCUT2D eigenvalue weighted by atomic mass is 9.74. The topological polar surface area (TPSA) is 49.3 Å². The third-order valence-corrected chi connectivity index (χ3v) is 6.70.